The second kappa shape index (κ2) is 8.26. The average Bonchev–Trinajstić information content (AvgIpc) is 2.89. The summed E-state index contributed by atoms with van der Waals surface area (Å²) in [6.07, 6.45) is 3.61. The van der Waals surface area contributed by atoms with Crippen LogP contribution >= 0.6 is 0 Å². The van der Waals surface area contributed by atoms with Gasteiger partial charge in [0.25, 0.3) is 5.91 Å². The van der Waals surface area contributed by atoms with Gasteiger partial charge >= 0.3 is 0 Å². The minimum Gasteiger partial charge on any atom is -0.379 e. The molecule has 1 aliphatic rings. The van der Waals surface area contributed by atoms with Crippen molar-refractivity contribution in [2.45, 2.75) is 52.7 Å². The van der Waals surface area contributed by atoms with Crippen molar-refractivity contribution in [1.82, 2.24) is 15.5 Å². The number of amides is 1. The maximum Gasteiger partial charge on any atom is 0.272 e. The van der Waals surface area contributed by atoms with Crippen molar-refractivity contribution < 1.29 is 14.3 Å². The third kappa shape index (κ3) is 4.65. The summed E-state index contributed by atoms with van der Waals surface area (Å²) in [6, 6.07) is -0.150. The van der Waals surface area contributed by atoms with Gasteiger partial charge in [-0.2, -0.15) is 5.10 Å². The van der Waals surface area contributed by atoms with Gasteiger partial charge in [0.2, 0.25) is 0 Å². The van der Waals surface area contributed by atoms with Gasteiger partial charge in [0.15, 0.2) is 5.69 Å². The molecular weight excluding hydrogens is 294 g/mol. The third-order valence-electron chi connectivity index (χ3n) is 4.09. The lowest BCUT2D eigenvalue weighted by Gasteiger charge is -2.31. The number of H-pyrrole nitrogens is 1. The lowest BCUT2D eigenvalue weighted by molar-refractivity contribution is -0.0457. The first-order chi connectivity index (χ1) is 11.0. The van der Waals surface area contributed by atoms with Crippen LogP contribution in [-0.4, -0.2) is 48.1 Å². The Bertz CT molecular complexity index is 561. The van der Waals surface area contributed by atoms with Gasteiger partial charge in [-0.15, -0.1) is 0 Å². The van der Waals surface area contributed by atoms with Crippen LogP contribution in [0.1, 0.15) is 48.9 Å². The van der Waals surface area contributed by atoms with Crippen molar-refractivity contribution in [2.75, 3.05) is 19.8 Å². The Morgan fingerprint density at radius 1 is 1.52 bits per heavy atom. The molecule has 0 spiro atoms. The molecule has 23 heavy (non-hydrogen) atoms. The number of rotatable bonds is 6. The van der Waals surface area contributed by atoms with E-state index in [0.717, 1.165) is 24.1 Å². The highest BCUT2D eigenvalue weighted by Crippen LogP contribution is 2.15. The molecular formula is C17H27N3O3. The normalized spacial score (nSPS) is 21.0. The summed E-state index contributed by atoms with van der Waals surface area (Å²) in [7, 11) is 0. The molecule has 0 aromatic carbocycles. The second-order valence-corrected chi connectivity index (χ2v) is 6.13. The summed E-state index contributed by atoms with van der Waals surface area (Å²) >= 11 is 0. The minimum absolute atomic E-state index is 0.0341. The Morgan fingerprint density at radius 2 is 2.30 bits per heavy atom. The van der Waals surface area contributed by atoms with Crippen LogP contribution in [0.2, 0.25) is 0 Å². The van der Waals surface area contributed by atoms with Crippen LogP contribution in [-0.2, 0) is 15.9 Å². The monoisotopic (exact) mass is 321 g/mol. The number of carbonyl (C=O) groups is 1. The van der Waals surface area contributed by atoms with E-state index < -0.39 is 0 Å². The zero-order valence-corrected chi connectivity index (χ0v) is 14.4. The fourth-order valence-electron chi connectivity index (χ4n) is 2.63. The SMILES string of the molecule is CCc1[nH]nc(C(=O)NC2COCCC2OCC=C(C)C)c1C. The molecule has 2 N–H and O–H groups in total. The quantitative estimate of drug-likeness (QED) is 0.787. The molecule has 1 aromatic heterocycles. The van der Waals surface area contributed by atoms with Gasteiger partial charge in [-0.1, -0.05) is 18.6 Å². The molecule has 2 atom stereocenters. The van der Waals surface area contributed by atoms with Crippen LogP contribution in [0.25, 0.3) is 0 Å². The number of hydrogen-bond acceptors (Lipinski definition) is 4. The predicted octanol–water partition coefficient (Wildman–Crippen LogP) is 2.15. The fraction of sp³-hybridized carbons (Fsp3) is 0.647. The smallest absolute Gasteiger partial charge is 0.272 e. The van der Waals surface area contributed by atoms with E-state index in [1.54, 1.807) is 0 Å². The fourth-order valence-corrected chi connectivity index (χ4v) is 2.63. The molecule has 6 heteroatoms. The van der Waals surface area contributed by atoms with Crippen molar-refractivity contribution in [3.05, 3.63) is 28.6 Å². The summed E-state index contributed by atoms with van der Waals surface area (Å²) in [4.78, 5) is 12.5. The highest BCUT2D eigenvalue weighted by molar-refractivity contribution is 5.94. The van der Waals surface area contributed by atoms with Gasteiger partial charge in [-0.25, -0.2) is 0 Å². The molecule has 6 nitrogen and oxygen atoms in total. The molecule has 128 valence electrons. The number of aromatic nitrogens is 2. The van der Waals surface area contributed by atoms with Gasteiger partial charge in [-0.05, 0) is 33.6 Å². The van der Waals surface area contributed by atoms with E-state index in [-0.39, 0.29) is 18.1 Å². The highest BCUT2D eigenvalue weighted by atomic mass is 16.5. The summed E-state index contributed by atoms with van der Waals surface area (Å²) in [5, 5.41) is 10.1. The van der Waals surface area contributed by atoms with E-state index in [4.69, 9.17) is 9.47 Å². The number of hydrogen-bond donors (Lipinski definition) is 2. The molecule has 0 aliphatic carbocycles. The van der Waals surface area contributed by atoms with Crippen LogP contribution in [0, 0.1) is 6.92 Å². The van der Waals surface area contributed by atoms with Crippen LogP contribution < -0.4 is 5.32 Å². The minimum atomic E-state index is -0.176. The van der Waals surface area contributed by atoms with E-state index >= 15 is 0 Å². The highest BCUT2D eigenvalue weighted by Gasteiger charge is 2.29. The number of aromatic amines is 1. The van der Waals surface area contributed by atoms with Crippen LogP contribution in [0.15, 0.2) is 11.6 Å². The van der Waals surface area contributed by atoms with E-state index in [0.29, 0.717) is 25.5 Å². The topological polar surface area (TPSA) is 76.2 Å². The van der Waals surface area contributed by atoms with Crippen LogP contribution in [0.5, 0.6) is 0 Å². The number of ether oxygens (including phenoxy) is 2. The number of aryl methyl sites for hydroxylation is 1. The molecule has 2 heterocycles. The summed E-state index contributed by atoms with van der Waals surface area (Å²) in [5.41, 5.74) is 3.57. The van der Waals surface area contributed by atoms with Crippen molar-refractivity contribution in [3.63, 3.8) is 0 Å². The average molecular weight is 321 g/mol. The Labute approximate surface area is 137 Å². The lowest BCUT2D eigenvalue weighted by Crippen LogP contribution is -2.50. The van der Waals surface area contributed by atoms with Crippen molar-refractivity contribution in [1.29, 1.82) is 0 Å². The standard InChI is InChI=1S/C17H27N3O3/c1-5-13-12(4)16(20-19-13)17(21)18-14-10-22-8-7-15(14)23-9-6-11(2)3/h6,14-15H,5,7-10H2,1-4H3,(H,18,21)(H,19,20). The molecule has 0 radical (unpaired) electrons. The predicted molar refractivity (Wildman–Crippen MR) is 88.6 cm³/mol. The third-order valence-corrected chi connectivity index (χ3v) is 4.09. The van der Waals surface area contributed by atoms with E-state index in [2.05, 4.69) is 15.5 Å². The van der Waals surface area contributed by atoms with E-state index in [1.165, 1.54) is 5.57 Å². The van der Waals surface area contributed by atoms with E-state index in [1.807, 2.05) is 33.8 Å². The number of allylic oxidation sites excluding steroid dienone is 1. The Kier molecular flexibility index (Phi) is 6.36. The lowest BCUT2D eigenvalue weighted by atomic mass is 10.1. The first-order valence-corrected chi connectivity index (χ1v) is 8.20. The van der Waals surface area contributed by atoms with Gasteiger partial charge in [0.05, 0.1) is 25.4 Å². The Morgan fingerprint density at radius 3 is 2.96 bits per heavy atom. The van der Waals surface area contributed by atoms with Crippen molar-refractivity contribution >= 4 is 5.91 Å². The number of carbonyl (C=O) groups excluding carboxylic acids is 1. The summed E-state index contributed by atoms with van der Waals surface area (Å²) in [5.74, 6) is -0.176. The van der Waals surface area contributed by atoms with Crippen molar-refractivity contribution in [2.24, 2.45) is 0 Å². The summed E-state index contributed by atoms with van der Waals surface area (Å²) in [6.45, 7) is 9.71. The molecule has 1 amide bonds. The zero-order chi connectivity index (χ0) is 16.8. The molecule has 2 rings (SSSR count). The molecule has 1 fully saturated rings. The van der Waals surface area contributed by atoms with Gasteiger partial charge in [0, 0.05) is 17.9 Å². The molecule has 1 aliphatic heterocycles. The Hall–Kier alpha value is -1.66. The van der Waals surface area contributed by atoms with E-state index in [9.17, 15) is 4.79 Å². The Balaban J connectivity index is 1.99. The van der Waals surface area contributed by atoms with Crippen LogP contribution in [0.3, 0.4) is 0 Å². The first kappa shape index (κ1) is 17.7. The molecule has 2 unspecified atom stereocenters. The number of nitrogens with one attached hydrogen (secondary N) is 2. The van der Waals surface area contributed by atoms with Gasteiger partial charge in [-0.3, -0.25) is 9.89 Å². The van der Waals surface area contributed by atoms with Gasteiger partial charge in [0.1, 0.15) is 0 Å². The largest absolute Gasteiger partial charge is 0.379 e. The number of nitrogens with zero attached hydrogens (tertiary/aromatic N) is 1. The second-order valence-electron chi connectivity index (χ2n) is 6.13. The van der Waals surface area contributed by atoms with Crippen molar-refractivity contribution in [3.8, 4) is 0 Å². The first-order valence-electron chi connectivity index (χ1n) is 8.20. The van der Waals surface area contributed by atoms with Crippen LogP contribution in [0.4, 0.5) is 0 Å². The van der Waals surface area contributed by atoms with Gasteiger partial charge < -0.3 is 14.8 Å². The molecule has 0 saturated carbocycles. The maximum absolute atomic E-state index is 12.5. The maximum atomic E-state index is 12.5. The molecule has 0 bridgehead atoms. The molecule has 1 saturated heterocycles. The molecule has 1 aromatic rings. The zero-order valence-electron chi connectivity index (χ0n) is 14.4. The summed E-state index contributed by atoms with van der Waals surface area (Å²) < 4.78 is 11.4.